The smallest absolute Gasteiger partial charge is 0.317 e. The number of nitrogens with one attached hydrogen (secondary N) is 1. The number of amides is 3. The lowest BCUT2D eigenvalue weighted by molar-refractivity contribution is -0.121. The molecule has 0 unspecified atom stereocenters. The molecule has 14 heavy (non-hydrogen) atoms. The number of urea groups is 1. The van der Waals surface area contributed by atoms with Gasteiger partial charge in [0.25, 0.3) is 0 Å². The van der Waals surface area contributed by atoms with Crippen molar-refractivity contribution in [3.05, 3.63) is 16.6 Å². The summed E-state index contributed by atoms with van der Waals surface area (Å²) in [6, 6.07) is -0.323. The van der Waals surface area contributed by atoms with E-state index >= 15 is 0 Å². The van der Waals surface area contributed by atoms with E-state index in [9.17, 15) is 9.59 Å². The molecule has 0 bridgehead atoms. The summed E-state index contributed by atoms with van der Waals surface area (Å²) in [6.45, 7) is 0.959. The molecule has 1 aromatic rings. The fourth-order valence-corrected chi connectivity index (χ4v) is 1.87. The van der Waals surface area contributed by atoms with Crippen LogP contribution in [0.2, 0.25) is 0 Å². The molecule has 2 rings (SSSR count). The molecular formula is C8H9N3O2S. The highest BCUT2D eigenvalue weighted by Crippen LogP contribution is 2.10. The number of aromatic nitrogens is 1. The summed E-state index contributed by atoms with van der Waals surface area (Å²) in [5.41, 5.74) is 0. The summed E-state index contributed by atoms with van der Waals surface area (Å²) >= 11 is 1.50. The Balaban J connectivity index is 1.99. The predicted molar refractivity (Wildman–Crippen MR) is 50.7 cm³/mol. The lowest BCUT2D eigenvalue weighted by Crippen LogP contribution is -2.48. The Kier molecular flexibility index (Phi) is 2.45. The van der Waals surface area contributed by atoms with Crippen molar-refractivity contribution in [3.8, 4) is 0 Å². The van der Waals surface area contributed by atoms with E-state index in [0.717, 1.165) is 5.01 Å². The van der Waals surface area contributed by atoms with Crippen molar-refractivity contribution in [1.82, 2.24) is 15.2 Å². The van der Waals surface area contributed by atoms with Gasteiger partial charge in [-0.2, -0.15) is 0 Å². The van der Waals surface area contributed by atoms with Crippen LogP contribution >= 0.6 is 11.3 Å². The molecule has 1 N–H and O–H groups in total. The topological polar surface area (TPSA) is 62.3 Å². The lowest BCUT2D eigenvalue weighted by atomic mass is 10.3. The van der Waals surface area contributed by atoms with Crippen LogP contribution in [0.15, 0.2) is 11.6 Å². The van der Waals surface area contributed by atoms with Crippen molar-refractivity contribution in [2.75, 3.05) is 6.54 Å². The van der Waals surface area contributed by atoms with E-state index in [-0.39, 0.29) is 11.9 Å². The Bertz CT molecular complexity index is 349. The molecule has 1 fully saturated rings. The van der Waals surface area contributed by atoms with Gasteiger partial charge in [0.15, 0.2) is 0 Å². The number of nitrogens with zero attached hydrogens (tertiary/aromatic N) is 2. The zero-order valence-electron chi connectivity index (χ0n) is 7.40. The molecule has 0 saturated carbocycles. The monoisotopic (exact) mass is 211 g/mol. The first-order valence-corrected chi connectivity index (χ1v) is 5.11. The van der Waals surface area contributed by atoms with Crippen LogP contribution in [0.5, 0.6) is 0 Å². The highest BCUT2D eigenvalue weighted by Gasteiger charge is 2.23. The number of hydrogen-bond acceptors (Lipinski definition) is 4. The highest BCUT2D eigenvalue weighted by molar-refractivity contribution is 7.09. The largest absolute Gasteiger partial charge is 0.324 e. The Morgan fingerprint density at radius 1 is 1.57 bits per heavy atom. The minimum atomic E-state index is -0.323. The first-order valence-electron chi connectivity index (χ1n) is 4.23. The molecule has 0 spiro atoms. The van der Waals surface area contributed by atoms with Gasteiger partial charge < -0.3 is 4.90 Å². The molecule has 0 radical (unpaired) electrons. The zero-order chi connectivity index (χ0) is 9.97. The zero-order valence-corrected chi connectivity index (χ0v) is 8.21. The molecule has 0 aromatic carbocycles. The highest BCUT2D eigenvalue weighted by atomic mass is 32.1. The summed E-state index contributed by atoms with van der Waals surface area (Å²) in [7, 11) is 0. The summed E-state index contributed by atoms with van der Waals surface area (Å²) in [4.78, 5) is 27.8. The van der Waals surface area contributed by atoms with E-state index < -0.39 is 0 Å². The SMILES string of the molecule is O=C1CCN(Cc2nccs2)C(=O)N1. The predicted octanol–water partition coefficient (Wildman–Crippen LogP) is 0.585. The van der Waals surface area contributed by atoms with Crippen LogP contribution in [0.3, 0.4) is 0 Å². The van der Waals surface area contributed by atoms with E-state index in [4.69, 9.17) is 0 Å². The normalized spacial score (nSPS) is 17.0. The Morgan fingerprint density at radius 2 is 2.43 bits per heavy atom. The molecule has 0 atom stereocenters. The van der Waals surface area contributed by atoms with Crippen molar-refractivity contribution < 1.29 is 9.59 Å². The number of thiazole rings is 1. The number of carbonyl (C=O) groups excluding carboxylic acids is 2. The van der Waals surface area contributed by atoms with Crippen molar-refractivity contribution in [2.24, 2.45) is 0 Å². The van der Waals surface area contributed by atoms with Gasteiger partial charge in [0, 0.05) is 24.5 Å². The molecular weight excluding hydrogens is 202 g/mol. The minimum absolute atomic E-state index is 0.203. The molecule has 1 aromatic heterocycles. The van der Waals surface area contributed by atoms with E-state index in [1.54, 1.807) is 11.1 Å². The number of imide groups is 1. The third kappa shape index (κ3) is 1.90. The summed E-state index contributed by atoms with van der Waals surface area (Å²) in [6.07, 6.45) is 2.07. The molecule has 1 saturated heterocycles. The van der Waals surface area contributed by atoms with Crippen LogP contribution in [-0.2, 0) is 11.3 Å². The van der Waals surface area contributed by atoms with Crippen LogP contribution in [0, 0.1) is 0 Å². The Labute approximate surface area is 84.7 Å². The fourth-order valence-electron chi connectivity index (χ4n) is 1.24. The van der Waals surface area contributed by atoms with E-state index in [0.29, 0.717) is 19.5 Å². The molecule has 0 aliphatic carbocycles. The third-order valence-corrected chi connectivity index (χ3v) is 2.72. The molecule has 1 aliphatic heterocycles. The van der Waals surface area contributed by atoms with E-state index in [2.05, 4.69) is 10.3 Å². The van der Waals surface area contributed by atoms with Gasteiger partial charge in [0.2, 0.25) is 5.91 Å². The molecule has 3 amide bonds. The van der Waals surface area contributed by atoms with Gasteiger partial charge >= 0.3 is 6.03 Å². The maximum Gasteiger partial charge on any atom is 0.324 e. The van der Waals surface area contributed by atoms with Crippen LogP contribution in [0.1, 0.15) is 11.4 Å². The van der Waals surface area contributed by atoms with Crippen molar-refractivity contribution in [1.29, 1.82) is 0 Å². The summed E-state index contributed by atoms with van der Waals surface area (Å²) < 4.78 is 0. The molecule has 5 nitrogen and oxygen atoms in total. The maximum absolute atomic E-state index is 11.3. The average Bonchev–Trinajstić information content (AvgIpc) is 2.62. The van der Waals surface area contributed by atoms with Crippen molar-refractivity contribution in [2.45, 2.75) is 13.0 Å². The van der Waals surface area contributed by atoms with Crippen LogP contribution in [0.4, 0.5) is 4.79 Å². The first-order chi connectivity index (χ1) is 6.75. The molecule has 74 valence electrons. The molecule has 1 aliphatic rings. The number of carbonyl (C=O) groups is 2. The maximum atomic E-state index is 11.3. The van der Waals surface area contributed by atoms with Crippen LogP contribution in [-0.4, -0.2) is 28.4 Å². The second-order valence-electron chi connectivity index (χ2n) is 2.95. The van der Waals surface area contributed by atoms with E-state index in [1.807, 2.05) is 5.38 Å². The average molecular weight is 211 g/mol. The standard InChI is InChI=1S/C8H9N3O2S/c12-6-1-3-11(8(13)10-6)5-7-9-2-4-14-7/h2,4H,1,3,5H2,(H,10,12,13). The lowest BCUT2D eigenvalue weighted by Gasteiger charge is -2.25. The second-order valence-corrected chi connectivity index (χ2v) is 3.93. The molecule has 6 heteroatoms. The van der Waals surface area contributed by atoms with Gasteiger partial charge in [-0.15, -0.1) is 11.3 Å². The van der Waals surface area contributed by atoms with Gasteiger partial charge in [-0.25, -0.2) is 9.78 Å². The number of hydrogen-bond donors (Lipinski definition) is 1. The van der Waals surface area contributed by atoms with Crippen molar-refractivity contribution in [3.63, 3.8) is 0 Å². The quantitative estimate of drug-likeness (QED) is 0.778. The van der Waals surface area contributed by atoms with Crippen LogP contribution < -0.4 is 5.32 Å². The summed E-state index contributed by atoms with van der Waals surface area (Å²) in [5.74, 6) is -0.203. The number of rotatable bonds is 2. The Hall–Kier alpha value is -1.43. The van der Waals surface area contributed by atoms with Gasteiger partial charge in [-0.05, 0) is 0 Å². The van der Waals surface area contributed by atoms with Gasteiger partial charge in [0.1, 0.15) is 5.01 Å². The Morgan fingerprint density at radius 3 is 3.07 bits per heavy atom. The minimum Gasteiger partial charge on any atom is -0.317 e. The third-order valence-electron chi connectivity index (χ3n) is 1.95. The fraction of sp³-hybridized carbons (Fsp3) is 0.375. The molecule has 2 heterocycles. The second kappa shape index (κ2) is 3.75. The summed E-state index contributed by atoms with van der Waals surface area (Å²) in [5, 5.41) is 5.01. The first kappa shape index (κ1) is 9.14. The van der Waals surface area contributed by atoms with Gasteiger partial charge in [0.05, 0.1) is 6.54 Å². The van der Waals surface area contributed by atoms with Crippen molar-refractivity contribution >= 4 is 23.3 Å². The van der Waals surface area contributed by atoms with Gasteiger partial charge in [-0.3, -0.25) is 10.1 Å². The van der Waals surface area contributed by atoms with E-state index in [1.165, 1.54) is 11.3 Å². The van der Waals surface area contributed by atoms with Crippen LogP contribution in [0.25, 0.3) is 0 Å². The van der Waals surface area contributed by atoms with Gasteiger partial charge in [-0.1, -0.05) is 0 Å².